The van der Waals surface area contributed by atoms with E-state index in [1.54, 1.807) is 7.05 Å². The summed E-state index contributed by atoms with van der Waals surface area (Å²) >= 11 is 0. The molecule has 1 amide bonds. The van der Waals surface area contributed by atoms with Crippen LogP contribution in [0.5, 0.6) is 0 Å². The molecule has 2 heterocycles. The van der Waals surface area contributed by atoms with Gasteiger partial charge in [-0.1, -0.05) is 12.1 Å². The van der Waals surface area contributed by atoms with Crippen LogP contribution in [-0.2, 0) is 17.8 Å². The van der Waals surface area contributed by atoms with Crippen molar-refractivity contribution >= 4 is 11.9 Å². The number of carbonyl (C=O) groups is 1. The molecule has 8 nitrogen and oxygen atoms in total. The number of hydrogen-bond acceptors (Lipinski definition) is 5. The second kappa shape index (κ2) is 9.41. The zero-order valence-corrected chi connectivity index (χ0v) is 15.7. The Kier molecular flexibility index (Phi) is 7.24. The topological polar surface area (TPSA) is 86.0 Å². The summed E-state index contributed by atoms with van der Waals surface area (Å²) in [6, 6.07) is 2.15. The average molecular weight is 350 g/mol. The molecule has 0 aliphatic carbocycles. The van der Waals surface area contributed by atoms with E-state index >= 15 is 0 Å². The lowest BCUT2D eigenvalue weighted by atomic mass is 10.3. The fraction of sp³-hybridized carbons (Fsp3) is 0.706. The molecule has 8 heteroatoms. The highest BCUT2D eigenvalue weighted by Crippen LogP contribution is 2.06. The normalized spacial score (nSPS) is 16.4. The highest BCUT2D eigenvalue weighted by Gasteiger charge is 2.21. The van der Waals surface area contributed by atoms with Gasteiger partial charge < -0.3 is 20.1 Å². The molecule has 1 fully saturated rings. The minimum absolute atomic E-state index is 0.0861. The first kappa shape index (κ1) is 19.2. The van der Waals surface area contributed by atoms with Crippen LogP contribution in [0.2, 0.25) is 0 Å². The zero-order valence-electron chi connectivity index (χ0n) is 15.7. The Morgan fingerprint density at radius 3 is 2.64 bits per heavy atom. The Hall–Kier alpha value is -2.09. The van der Waals surface area contributed by atoms with Crippen LogP contribution in [-0.4, -0.2) is 72.6 Å². The maximum atomic E-state index is 11.9. The third-order valence-corrected chi connectivity index (χ3v) is 4.09. The van der Waals surface area contributed by atoms with Crippen LogP contribution in [0, 0.1) is 0 Å². The number of carbonyl (C=O) groups excluding carboxylic acids is 1. The van der Waals surface area contributed by atoms with E-state index in [1.165, 1.54) is 0 Å². The maximum absolute atomic E-state index is 11.9. The second-order valence-electron chi connectivity index (χ2n) is 6.52. The van der Waals surface area contributed by atoms with E-state index in [0.717, 1.165) is 50.0 Å². The number of piperazine rings is 1. The number of rotatable bonds is 6. The largest absolute Gasteiger partial charge is 0.359 e. The molecular weight excluding hydrogens is 320 g/mol. The number of nitrogens with one attached hydrogen (secondary N) is 2. The van der Waals surface area contributed by atoms with Crippen LogP contribution in [0.1, 0.15) is 32.2 Å². The first-order chi connectivity index (χ1) is 12.0. The fourth-order valence-corrected chi connectivity index (χ4v) is 2.79. The summed E-state index contributed by atoms with van der Waals surface area (Å²) in [6.45, 7) is 10.4. The molecule has 2 N–H and O–H groups in total. The lowest BCUT2D eigenvalue weighted by Gasteiger charge is -2.36. The van der Waals surface area contributed by atoms with Crippen LogP contribution in [0.25, 0.3) is 0 Å². The van der Waals surface area contributed by atoms with Gasteiger partial charge >= 0.3 is 0 Å². The van der Waals surface area contributed by atoms with Crippen LogP contribution in [0.15, 0.2) is 15.6 Å². The number of nitrogens with zero attached hydrogens (tertiary/aromatic N) is 4. The quantitative estimate of drug-likeness (QED) is 0.572. The van der Waals surface area contributed by atoms with Crippen molar-refractivity contribution in [1.82, 2.24) is 25.6 Å². The van der Waals surface area contributed by atoms with Crippen molar-refractivity contribution in [2.75, 3.05) is 39.8 Å². The first-order valence-electron chi connectivity index (χ1n) is 8.93. The third kappa shape index (κ3) is 6.04. The van der Waals surface area contributed by atoms with Gasteiger partial charge in [-0.25, -0.2) is 0 Å². The molecule has 1 aromatic heterocycles. The van der Waals surface area contributed by atoms with E-state index in [-0.39, 0.29) is 11.9 Å². The van der Waals surface area contributed by atoms with E-state index in [4.69, 9.17) is 4.52 Å². The Morgan fingerprint density at radius 2 is 2.08 bits per heavy atom. The minimum atomic E-state index is 0.0861. The Bertz CT molecular complexity index is 575. The molecular formula is C17H30N6O2. The Balaban J connectivity index is 1.76. The number of hydrogen-bond donors (Lipinski definition) is 2. The standard InChI is InChI=1S/C17H30N6O2/c1-5-14-10-15(25-21-14)11-19-17(18-4)23-8-6-22(7-9-23)12-16(24)20-13(2)3/h10,13H,5-9,11-12H2,1-4H3,(H,18,19)(H,20,24). The van der Waals surface area contributed by atoms with Crippen molar-refractivity contribution in [1.29, 1.82) is 0 Å². The molecule has 0 bridgehead atoms. The number of aryl methyl sites for hydroxylation is 1. The van der Waals surface area contributed by atoms with E-state index in [1.807, 2.05) is 19.9 Å². The van der Waals surface area contributed by atoms with Gasteiger partial charge in [0.25, 0.3) is 0 Å². The lowest BCUT2D eigenvalue weighted by molar-refractivity contribution is -0.123. The summed E-state index contributed by atoms with van der Waals surface area (Å²) in [5, 5.41) is 10.2. The molecule has 1 aromatic rings. The van der Waals surface area contributed by atoms with Gasteiger partial charge in [0, 0.05) is 45.3 Å². The van der Waals surface area contributed by atoms with Crippen LogP contribution < -0.4 is 10.6 Å². The van der Waals surface area contributed by atoms with Crippen molar-refractivity contribution in [3.05, 3.63) is 17.5 Å². The molecule has 1 saturated heterocycles. The summed E-state index contributed by atoms with van der Waals surface area (Å²) in [4.78, 5) is 20.6. The van der Waals surface area contributed by atoms with Gasteiger partial charge in [0.2, 0.25) is 5.91 Å². The van der Waals surface area contributed by atoms with Crippen molar-refractivity contribution in [2.45, 2.75) is 39.8 Å². The maximum Gasteiger partial charge on any atom is 0.234 e. The summed E-state index contributed by atoms with van der Waals surface area (Å²) < 4.78 is 5.29. The van der Waals surface area contributed by atoms with Crippen molar-refractivity contribution in [2.24, 2.45) is 4.99 Å². The lowest BCUT2D eigenvalue weighted by Crippen LogP contribution is -2.54. The number of guanidine groups is 1. The molecule has 0 aromatic carbocycles. The average Bonchev–Trinajstić information content (AvgIpc) is 3.04. The van der Waals surface area contributed by atoms with Crippen molar-refractivity contribution < 1.29 is 9.32 Å². The van der Waals surface area contributed by atoms with Gasteiger partial charge in [-0.3, -0.25) is 14.7 Å². The van der Waals surface area contributed by atoms with E-state index < -0.39 is 0 Å². The molecule has 0 radical (unpaired) electrons. The minimum Gasteiger partial charge on any atom is -0.359 e. The third-order valence-electron chi connectivity index (χ3n) is 4.09. The highest BCUT2D eigenvalue weighted by atomic mass is 16.5. The molecule has 2 rings (SSSR count). The molecule has 0 unspecified atom stereocenters. The molecule has 0 spiro atoms. The number of aromatic nitrogens is 1. The Labute approximate surface area is 149 Å². The molecule has 0 saturated carbocycles. The summed E-state index contributed by atoms with van der Waals surface area (Å²) in [5.41, 5.74) is 0.958. The smallest absolute Gasteiger partial charge is 0.234 e. The molecule has 1 aliphatic heterocycles. The number of aliphatic imine (C=N–C) groups is 1. The van der Waals surface area contributed by atoms with Crippen molar-refractivity contribution in [3.8, 4) is 0 Å². The van der Waals surface area contributed by atoms with Gasteiger partial charge in [-0.15, -0.1) is 0 Å². The van der Waals surface area contributed by atoms with E-state index in [0.29, 0.717) is 13.1 Å². The SMILES string of the molecule is CCc1cc(CNC(=NC)N2CCN(CC(=O)NC(C)C)CC2)on1. The van der Waals surface area contributed by atoms with Crippen LogP contribution in [0.4, 0.5) is 0 Å². The summed E-state index contributed by atoms with van der Waals surface area (Å²) in [5.74, 6) is 1.74. The molecule has 25 heavy (non-hydrogen) atoms. The van der Waals surface area contributed by atoms with Crippen LogP contribution >= 0.6 is 0 Å². The van der Waals surface area contributed by atoms with E-state index in [2.05, 4.69) is 37.5 Å². The second-order valence-corrected chi connectivity index (χ2v) is 6.52. The van der Waals surface area contributed by atoms with Gasteiger partial charge in [-0.05, 0) is 20.3 Å². The highest BCUT2D eigenvalue weighted by molar-refractivity contribution is 5.80. The van der Waals surface area contributed by atoms with Gasteiger partial charge in [0.1, 0.15) is 0 Å². The van der Waals surface area contributed by atoms with Gasteiger partial charge in [0.15, 0.2) is 11.7 Å². The van der Waals surface area contributed by atoms with Crippen LogP contribution in [0.3, 0.4) is 0 Å². The summed E-state index contributed by atoms with van der Waals surface area (Å²) in [6.07, 6.45) is 0.866. The van der Waals surface area contributed by atoms with Gasteiger partial charge in [0.05, 0.1) is 18.8 Å². The van der Waals surface area contributed by atoms with Crippen molar-refractivity contribution in [3.63, 3.8) is 0 Å². The number of amides is 1. The Morgan fingerprint density at radius 1 is 1.36 bits per heavy atom. The molecule has 0 atom stereocenters. The molecule has 1 aliphatic rings. The summed E-state index contributed by atoms with van der Waals surface area (Å²) in [7, 11) is 1.78. The van der Waals surface area contributed by atoms with Gasteiger partial charge in [-0.2, -0.15) is 0 Å². The zero-order chi connectivity index (χ0) is 18.2. The predicted octanol–water partition coefficient (Wildman–Crippen LogP) is 0.455. The van der Waals surface area contributed by atoms with E-state index in [9.17, 15) is 4.79 Å². The predicted molar refractivity (Wildman–Crippen MR) is 97.4 cm³/mol. The fourth-order valence-electron chi connectivity index (χ4n) is 2.79. The molecule has 140 valence electrons. The monoisotopic (exact) mass is 350 g/mol. The first-order valence-corrected chi connectivity index (χ1v) is 8.93.